The molecule has 1 heterocycles. The fraction of sp³-hybridized carbons (Fsp3) is 0.120. The molecular formula is C25H21NO4. The van der Waals surface area contributed by atoms with Crippen molar-refractivity contribution in [3.05, 3.63) is 102 Å². The Labute approximate surface area is 174 Å². The molecule has 0 fully saturated rings. The Bertz CT molecular complexity index is 1140. The zero-order chi connectivity index (χ0) is 20.8. The van der Waals surface area contributed by atoms with Crippen LogP contribution in [-0.4, -0.2) is 23.7 Å². The minimum absolute atomic E-state index is 0.174. The Balaban J connectivity index is 1.52. The standard InChI is InChI=1S/C25H21NO4/c27-17-23-22-11-5-4-9-20(22)12-13-24(23)30-18-25(28)26(16-21-10-6-14-29-21)15-19-7-2-1-3-8-19/h1-14,17H,15-16,18H2. The Hall–Kier alpha value is -3.86. The quantitative estimate of drug-likeness (QED) is 0.397. The topological polar surface area (TPSA) is 59.8 Å². The number of hydrogen-bond donors (Lipinski definition) is 0. The first-order chi connectivity index (χ1) is 14.7. The van der Waals surface area contributed by atoms with Crippen LogP contribution >= 0.6 is 0 Å². The SMILES string of the molecule is O=Cc1c(OCC(=O)N(Cc2ccccc2)Cc2ccco2)ccc2ccccc12. The van der Waals surface area contributed by atoms with Gasteiger partial charge in [-0.25, -0.2) is 0 Å². The van der Waals surface area contributed by atoms with E-state index in [0.29, 0.717) is 30.2 Å². The molecule has 0 N–H and O–H groups in total. The molecule has 1 aromatic heterocycles. The van der Waals surface area contributed by atoms with E-state index in [9.17, 15) is 9.59 Å². The Morgan fingerprint density at radius 2 is 1.70 bits per heavy atom. The predicted molar refractivity (Wildman–Crippen MR) is 114 cm³/mol. The smallest absolute Gasteiger partial charge is 0.261 e. The van der Waals surface area contributed by atoms with Crippen LogP contribution in [0.15, 0.2) is 89.5 Å². The molecule has 4 rings (SSSR count). The number of hydrogen-bond acceptors (Lipinski definition) is 4. The molecule has 0 radical (unpaired) electrons. The Kier molecular flexibility index (Phi) is 5.90. The molecule has 150 valence electrons. The minimum Gasteiger partial charge on any atom is -0.483 e. The average Bonchev–Trinajstić information content (AvgIpc) is 3.30. The van der Waals surface area contributed by atoms with E-state index >= 15 is 0 Å². The lowest BCUT2D eigenvalue weighted by Gasteiger charge is -2.22. The number of nitrogens with zero attached hydrogens (tertiary/aromatic N) is 1. The van der Waals surface area contributed by atoms with E-state index < -0.39 is 0 Å². The highest BCUT2D eigenvalue weighted by atomic mass is 16.5. The average molecular weight is 399 g/mol. The van der Waals surface area contributed by atoms with Gasteiger partial charge in [0, 0.05) is 6.54 Å². The Morgan fingerprint density at radius 3 is 2.47 bits per heavy atom. The molecular weight excluding hydrogens is 378 g/mol. The summed E-state index contributed by atoms with van der Waals surface area (Å²) in [6.45, 7) is 0.594. The van der Waals surface area contributed by atoms with Crippen LogP contribution in [0.4, 0.5) is 0 Å². The third-order valence-electron chi connectivity index (χ3n) is 4.90. The van der Waals surface area contributed by atoms with Crippen molar-refractivity contribution in [1.29, 1.82) is 0 Å². The molecule has 0 aliphatic heterocycles. The van der Waals surface area contributed by atoms with Gasteiger partial charge in [-0.1, -0.05) is 60.7 Å². The summed E-state index contributed by atoms with van der Waals surface area (Å²) in [7, 11) is 0. The lowest BCUT2D eigenvalue weighted by atomic mass is 10.0. The third kappa shape index (κ3) is 4.41. The number of rotatable bonds is 8. The van der Waals surface area contributed by atoms with Crippen LogP contribution in [0.2, 0.25) is 0 Å². The van der Waals surface area contributed by atoms with E-state index in [0.717, 1.165) is 22.6 Å². The highest BCUT2D eigenvalue weighted by Gasteiger charge is 2.18. The number of carbonyl (C=O) groups excluding carboxylic acids is 2. The molecule has 0 bridgehead atoms. The second kappa shape index (κ2) is 9.09. The molecule has 30 heavy (non-hydrogen) atoms. The molecule has 5 heteroatoms. The molecule has 0 atom stereocenters. The van der Waals surface area contributed by atoms with Gasteiger partial charge < -0.3 is 14.1 Å². The fourth-order valence-electron chi connectivity index (χ4n) is 3.38. The summed E-state index contributed by atoms with van der Waals surface area (Å²) in [4.78, 5) is 26.3. The molecule has 0 unspecified atom stereocenters. The molecule has 0 aliphatic carbocycles. The van der Waals surface area contributed by atoms with Crippen molar-refractivity contribution in [2.75, 3.05) is 6.61 Å². The monoisotopic (exact) mass is 399 g/mol. The summed E-state index contributed by atoms with van der Waals surface area (Å²) in [5, 5.41) is 1.75. The van der Waals surface area contributed by atoms with Crippen LogP contribution in [0.1, 0.15) is 21.7 Å². The number of carbonyl (C=O) groups is 2. The van der Waals surface area contributed by atoms with Crippen molar-refractivity contribution < 1.29 is 18.7 Å². The van der Waals surface area contributed by atoms with Gasteiger partial charge >= 0.3 is 0 Å². The summed E-state index contributed by atoms with van der Waals surface area (Å²) >= 11 is 0. The zero-order valence-electron chi connectivity index (χ0n) is 16.4. The highest BCUT2D eigenvalue weighted by molar-refractivity contribution is 6.00. The van der Waals surface area contributed by atoms with Gasteiger partial charge in [0.25, 0.3) is 5.91 Å². The molecule has 0 spiro atoms. The van der Waals surface area contributed by atoms with E-state index in [1.165, 1.54) is 0 Å². The lowest BCUT2D eigenvalue weighted by molar-refractivity contribution is -0.134. The zero-order valence-corrected chi connectivity index (χ0v) is 16.4. The normalized spacial score (nSPS) is 10.7. The maximum absolute atomic E-state index is 13.0. The van der Waals surface area contributed by atoms with Crippen molar-refractivity contribution in [3.63, 3.8) is 0 Å². The van der Waals surface area contributed by atoms with E-state index in [2.05, 4.69) is 0 Å². The molecule has 0 saturated carbocycles. The maximum Gasteiger partial charge on any atom is 0.261 e. The van der Waals surface area contributed by atoms with Gasteiger partial charge in [-0.2, -0.15) is 0 Å². The number of fused-ring (bicyclic) bond motifs is 1. The number of benzene rings is 3. The van der Waals surface area contributed by atoms with Crippen LogP contribution in [0.25, 0.3) is 10.8 Å². The molecule has 4 aromatic rings. The van der Waals surface area contributed by atoms with Crippen LogP contribution < -0.4 is 4.74 Å². The lowest BCUT2D eigenvalue weighted by Crippen LogP contribution is -2.34. The molecule has 3 aromatic carbocycles. The van der Waals surface area contributed by atoms with Gasteiger partial charge in [-0.15, -0.1) is 0 Å². The summed E-state index contributed by atoms with van der Waals surface area (Å²) in [5.41, 5.74) is 1.46. The second-order valence-electron chi connectivity index (χ2n) is 6.92. The molecule has 5 nitrogen and oxygen atoms in total. The van der Waals surface area contributed by atoms with Crippen LogP contribution in [0, 0.1) is 0 Å². The van der Waals surface area contributed by atoms with Gasteiger partial charge in [-0.3, -0.25) is 9.59 Å². The fourth-order valence-corrected chi connectivity index (χ4v) is 3.38. The molecule has 1 amide bonds. The first-order valence-electron chi connectivity index (χ1n) is 9.68. The van der Waals surface area contributed by atoms with E-state index in [1.807, 2.05) is 66.7 Å². The summed E-state index contributed by atoms with van der Waals surface area (Å²) in [6.07, 6.45) is 2.36. The first-order valence-corrected chi connectivity index (χ1v) is 9.68. The van der Waals surface area contributed by atoms with Crippen molar-refractivity contribution in [2.45, 2.75) is 13.1 Å². The van der Waals surface area contributed by atoms with Gasteiger partial charge in [-0.05, 0) is 34.5 Å². The summed E-state index contributed by atoms with van der Waals surface area (Å²) < 4.78 is 11.2. The summed E-state index contributed by atoms with van der Waals surface area (Å²) in [6, 6.07) is 24.6. The van der Waals surface area contributed by atoms with Crippen molar-refractivity contribution >= 4 is 23.0 Å². The largest absolute Gasteiger partial charge is 0.483 e. The van der Waals surface area contributed by atoms with Gasteiger partial charge in [0.2, 0.25) is 0 Å². The highest BCUT2D eigenvalue weighted by Crippen LogP contribution is 2.26. The number of furan rings is 1. The van der Waals surface area contributed by atoms with E-state index in [1.54, 1.807) is 23.3 Å². The first kappa shape index (κ1) is 19.5. The number of aldehydes is 1. The van der Waals surface area contributed by atoms with Crippen LogP contribution in [0.5, 0.6) is 5.75 Å². The number of amides is 1. The van der Waals surface area contributed by atoms with Crippen molar-refractivity contribution in [1.82, 2.24) is 4.90 Å². The molecule has 0 saturated heterocycles. The molecule has 0 aliphatic rings. The van der Waals surface area contributed by atoms with E-state index in [-0.39, 0.29) is 12.5 Å². The predicted octanol–water partition coefficient (Wildman–Crippen LogP) is 4.85. The third-order valence-corrected chi connectivity index (χ3v) is 4.90. The van der Waals surface area contributed by atoms with Crippen molar-refractivity contribution in [2.24, 2.45) is 0 Å². The van der Waals surface area contributed by atoms with Crippen LogP contribution in [0.3, 0.4) is 0 Å². The van der Waals surface area contributed by atoms with Gasteiger partial charge in [0.15, 0.2) is 12.9 Å². The second-order valence-corrected chi connectivity index (χ2v) is 6.92. The maximum atomic E-state index is 13.0. The van der Waals surface area contributed by atoms with Gasteiger partial charge in [0.05, 0.1) is 18.4 Å². The van der Waals surface area contributed by atoms with E-state index in [4.69, 9.17) is 9.15 Å². The van der Waals surface area contributed by atoms with Crippen molar-refractivity contribution in [3.8, 4) is 5.75 Å². The number of ether oxygens (including phenoxy) is 1. The minimum atomic E-state index is -0.194. The van der Waals surface area contributed by atoms with Gasteiger partial charge in [0.1, 0.15) is 11.5 Å². The Morgan fingerprint density at radius 1 is 0.900 bits per heavy atom. The summed E-state index contributed by atoms with van der Waals surface area (Å²) in [5.74, 6) is 0.897. The van der Waals surface area contributed by atoms with Crippen LogP contribution in [-0.2, 0) is 17.9 Å².